The zero-order valence-corrected chi connectivity index (χ0v) is 22.2. The van der Waals surface area contributed by atoms with Crippen molar-refractivity contribution in [1.29, 1.82) is 0 Å². The van der Waals surface area contributed by atoms with E-state index in [0.29, 0.717) is 23.0 Å². The summed E-state index contributed by atoms with van der Waals surface area (Å²) in [6, 6.07) is 2.55. The molecule has 0 heterocycles. The van der Waals surface area contributed by atoms with Crippen LogP contribution in [-0.4, -0.2) is 27.9 Å². The highest BCUT2D eigenvalue weighted by Gasteiger charge is 2.61. The number of nitrogens with two attached hydrogens (primary N) is 1. The molecule has 2 saturated carbocycles. The lowest BCUT2D eigenvalue weighted by Crippen LogP contribution is -2.55. The van der Waals surface area contributed by atoms with Gasteiger partial charge in [0.2, 0.25) is 0 Å². The van der Waals surface area contributed by atoms with Crippen molar-refractivity contribution in [2.75, 3.05) is 0 Å². The Morgan fingerprint density at radius 2 is 1.82 bits per heavy atom. The van der Waals surface area contributed by atoms with Crippen molar-refractivity contribution in [2.45, 2.75) is 97.6 Å². The minimum atomic E-state index is -4.76. The van der Waals surface area contributed by atoms with Gasteiger partial charge in [-0.15, -0.1) is 0 Å². The summed E-state index contributed by atoms with van der Waals surface area (Å²) in [6.45, 7) is 13.3. The fourth-order valence-electron chi connectivity index (χ4n) is 8.15. The summed E-state index contributed by atoms with van der Waals surface area (Å²) < 4.78 is 21.2. The second-order valence-electron chi connectivity index (χ2n) is 12.1. The van der Waals surface area contributed by atoms with Gasteiger partial charge in [0.15, 0.2) is 0 Å². The average molecular weight is 494 g/mol. The molecule has 1 aromatic rings. The van der Waals surface area contributed by atoms with Gasteiger partial charge in [0.05, 0.1) is 6.10 Å². The Kier molecular flexibility index (Phi) is 6.40. The summed E-state index contributed by atoms with van der Waals surface area (Å²) >= 11 is 0. The topological polar surface area (TPSA) is 119 Å². The van der Waals surface area contributed by atoms with Crippen LogP contribution in [0.4, 0.5) is 0 Å². The smallest absolute Gasteiger partial charge is 0.425 e. The van der Waals surface area contributed by atoms with Gasteiger partial charge < -0.3 is 20.3 Å². The summed E-state index contributed by atoms with van der Waals surface area (Å²) in [7, 11) is -4.76. The molecule has 0 amide bonds. The molecule has 0 bridgehead atoms. The van der Waals surface area contributed by atoms with Crippen LogP contribution in [0.25, 0.3) is 0 Å². The lowest BCUT2D eigenvalue weighted by atomic mass is 9.43. The number of carbonyl (C=O) groups excluding carboxylic acids is 1. The Morgan fingerprint density at radius 3 is 2.47 bits per heavy atom. The fraction of sp³-hybridized carbons (Fsp3) is 0.731. The van der Waals surface area contributed by atoms with E-state index in [1.807, 2.05) is 12.1 Å². The fourth-order valence-corrected chi connectivity index (χ4v) is 8.71. The predicted octanol–water partition coefficient (Wildman–Crippen LogP) is 4.78. The summed E-state index contributed by atoms with van der Waals surface area (Å²) in [5.41, 5.74) is 10.4. The molecule has 1 aromatic carbocycles. The molecule has 0 saturated heterocycles. The maximum atomic E-state index is 12.6. The zero-order chi connectivity index (χ0) is 25.3. The van der Waals surface area contributed by atoms with Gasteiger partial charge in [0.1, 0.15) is 11.8 Å². The lowest BCUT2D eigenvalue weighted by Gasteiger charge is -2.61. The van der Waals surface area contributed by atoms with Crippen molar-refractivity contribution < 1.29 is 28.4 Å². The Balaban J connectivity index is 1.59. The monoisotopic (exact) mass is 493 g/mol. The maximum Gasteiger partial charge on any atom is 0.469 e. The van der Waals surface area contributed by atoms with Gasteiger partial charge in [0, 0.05) is 0 Å². The molecule has 0 aliphatic heterocycles. The Bertz CT molecular complexity index is 1030. The lowest BCUT2D eigenvalue weighted by molar-refractivity contribution is -0.137. The number of ether oxygens (including phenoxy) is 1. The van der Waals surface area contributed by atoms with Gasteiger partial charge in [-0.3, -0.25) is 4.52 Å². The number of carbonyl (C=O) groups is 1. The van der Waals surface area contributed by atoms with Gasteiger partial charge in [-0.2, -0.15) is 0 Å². The minimum absolute atomic E-state index is 0.114. The van der Waals surface area contributed by atoms with E-state index in [1.54, 1.807) is 0 Å². The molecule has 0 aromatic heterocycles. The third kappa shape index (κ3) is 4.28. The number of hydrogen-bond donors (Lipinski definition) is 3. The molecule has 34 heavy (non-hydrogen) atoms. The normalized spacial score (nSPS) is 33.9. The third-order valence-corrected chi connectivity index (χ3v) is 10.1. The first-order valence-corrected chi connectivity index (χ1v) is 14.0. The van der Waals surface area contributed by atoms with E-state index in [4.69, 9.17) is 20.3 Å². The van der Waals surface area contributed by atoms with Crippen molar-refractivity contribution in [3.63, 3.8) is 0 Å². The molecule has 0 spiro atoms. The third-order valence-electron chi connectivity index (χ3n) is 9.48. The van der Waals surface area contributed by atoms with Crippen LogP contribution in [0.5, 0.6) is 5.75 Å². The van der Waals surface area contributed by atoms with Gasteiger partial charge in [-0.05, 0) is 103 Å². The van der Waals surface area contributed by atoms with Crippen LogP contribution in [0.3, 0.4) is 0 Å². The van der Waals surface area contributed by atoms with Crippen molar-refractivity contribution >= 4 is 13.8 Å². The molecule has 4 rings (SSSR count). The quantitative estimate of drug-likeness (QED) is 0.307. The van der Waals surface area contributed by atoms with Crippen LogP contribution in [-0.2, 0) is 25.7 Å². The Labute approximate surface area is 203 Å². The summed E-state index contributed by atoms with van der Waals surface area (Å²) in [5, 5.41) is 0. The molecule has 8 heteroatoms. The molecule has 7 nitrogen and oxygen atoms in total. The van der Waals surface area contributed by atoms with E-state index < -0.39 is 25.9 Å². The molecule has 190 valence electrons. The summed E-state index contributed by atoms with van der Waals surface area (Å²) in [5.74, 6) is 0.917. The maximum absolute atomic E-state index is 12.6. The number of benzene rings is 1. The van der Waals surface area contributed by atoms with Crippen LogP contribution in [0, 0.1) is 29.6 Å². The van der Waals surface area contributed by atoms with Crippen LogP contribution >= 0.6 is 7.82 Å². The SMILES string of the molecule is Cc1cc(OC(=O)C(N)C(C)OP(=O)(O)O)cc2c1C1(C)CCC3C(C)(C)CCCC3(C)C1C2. The highest BCUT2D eigenvalue weighted by molar-refractivity contribution is 7.46. The molecular formula is C26H40NO6P. The number of rotatable bonds is 5. The van der Waals surface area contributed by atoms with E-state index in [9.17, 15) is 9.36 Å². The molecule has 4 N–H and O–H groups in total. The number of phosphoric acid groups is 1. The van der Waals surface area contributed by atoms with Crippen LogP contribution < -0.4 is 10.5 Å². The molecule has 3 aliphatic rings. The van der Waals surface area contributed by atoms with Crippen molar-refractivity contribution in [1.82, 2.24) is 0 Å². The van der Waals surface area contributed by atoms with E-state index in [1.165, 1.54) is 50.2 Å². The molecule has 3 aliphatic carbocycles. The van der Waals surface area contributed by atoms with E-state index in [0.717, 1.165) is 12.0 Å². The number of aryl methyl sites for hydroxylation is 1. The minimum Gasteiger partial charge on any atom is -0.425 e. The number of esters is 1. The predicted molar refractivity (Wildman–Crippen MR) is 130 cm³/mol. The molecular weight excluding hydrogens is 453 g/mol. The first-order valence-electron chi connectivity index (χ1n) is 12.4. The molecule has 0 radical (unpaired) electrons. The van der Waals surface area contributed by atoms with E-state index in [-0.39, 0.29) is 10.8 Å². The Hall–Kier alpha value is -1.24. The molecule has 6 unspecified atom stereocenters. The van der Waals surface area contributed by atoms with E-state index >= 15 is 0 Å². The Morgan fingerprint density at radius 1 is 1.15 bits per heavy atom. The number of fused-ring (bicyclic) bond motifs is 5. The average Bonchev–Trinajstić information content (AvgIpc) is 2.99. The van der Waals surface area contributed by atoms with Crippen molar-refractivity contribution in [3.8, 4) is 5.75 Å². The number of hydrogen-bond acceptors (Lipinski definition) is 5. The second-order valence-corrected chi connectivity index (χ2v) is 13.3. The van der Waals surface area contributed by atoms with Gasteiger partial charge in [-0.25, -0.2) is 9.36 Å². The van der Waals surface area contributed by atoms with E-state index in [2.05, 4.69) is 39.1 Å². The van der Waals surface area contributed by atoms with Gasteiger partial charge in [0.25, 0.3) is 0 Å². The number of phosphoric ester groups is 1. The van der Waals surface area contributed by atoms with Crippen LogP contribution in [0.15, 0.2) is 12.1 Å². The van der Waals surface area contributed by atoms with Gasteiger partial charge in [-0.1, -0.05) is 34.1 Å². The summed E-state index contributed by atoms with van der Waals surface area (Å²) in [6.07, 6.45) is 6.06. The van der Waals surface area contributed by atoms with Crippen LogP contribution in [0.2, 0.25) is 0 Å². The zero-order valence-electron chi connectivity index (χ0n) is 21.3. The highest BCUT2D eigenvalue weighted by Crippen LogP contribution is 2.68. The van der Waals surface area contributed by atoms with Gasteiger partial charge >= 0.3 is 13.8 Å². The van der Waals surface area contributed by atoms with Crippen molar-refractivity contribution in [2.24, 2.45) is 28.4 Å². The summed E-state index contributed by atoms with van der Waals surface area (Å²) in [4.78, 5) is 30.6. The first kappa shape index (κ1) is 25.8. The van der Waals surface area contributed by atoms with Crippen molar-refractivity contribution in [3.05, 3.63) is 28.8 Å². The molecule has 2 fully saturated rings. The first-order chi connectivity index (χ1) is 15.6. The molecule has 6 atom stereocenters. The highest BCUT2D eigenvalue weighted by atomic mass is 31.2. The standard InChI is InChI=1S/C26H40NO6P/c1-15-12-18(32-23(28)22(27)16(2)33-34(29,30)31)13-17-14-20-25(5)10-7-9-24(3,4)19(25)8-11-26(20,6)21(15)17/h12-13,16,19-20,22H,7-11,14,27H2,1-6H3,(H2,29,30,31). The largest absolute Gasteiger partial charge is 0.469 e. The second kappa shape index (κ2) is 8.41. The van der Waals surface area contributed by atoms with Crippen LogP contribution in [0.1, 0.15) is 83.4 Å².